The van der Waals surface area contributed by atoms with E-state index >= 15 is 0 Å². The van der Waals surface area contributed by atoms with Crippen molar-refractivity contribution in [1.82, 2.24) is 5.32 Å². The van der Waals surface area contributed by atoms with Crippen molar-refractivity contribution < 1.29 is 28.9 Å². The van der Waals surface area contributed by atoms with Crippen LogP contribution in [0.2, 0.25) is 0 Å². The molecule has 2 aromatic carbocycles. The molecule has 0 unspecified atom stereocenters. The number of ether oxygens (including phenoxy) is 3. The molecule has 1 saturated carbocycles. The highest BCUT2D eigenvalue weighted by atomic mass is 16.6. The molecule has 3 N–H and O–H groups in total. The van der Waals surface area contributed by atoms with Crippen molar-refractivity contribution in [3.63, 3.8) is 0 Å². The summed E-state index contributed by atoms with van der Waals surface area (Å²) in [5.41, 5.74) is 2.72. The first-order valence-electron chi connectivity index (χ1n) is 12.3. The number of amides is 2. The number of aliphatic hydroxyl groups excluding tert-OH is 1. The molecule has 186 valence electrons. The third-order valence-corrected chi connectivity index (χ3v) is 7.02. The maximum Gasteiger partial charge on any atom is 0.224 e. The summed E-state index contributed by atoms with van der Waals surface area (Å²) in [5.74, 6) is 1.94. The molecule has 2 amide bonds. The third-order valence-electron chi connectivity index (χ3n) is 7.02. The summed E-state index contributed by atoms with van der Waals surface area (Å²) in [4.78, 5) is 24.9. The molecule has 2 aliphatic heterocycles. The number of rotatable bonds is 9. The Morgan fingerprint density at radius 2 is 1.89 bits per heavy atom. The largest absolute Gasteiger partial charge is 0.497 e. The van der Waals surface area contributed by atoms with Crippen LogP contribution in [0.3, 0.4) is 0 Å². The molecule has 2 aromatic rings. The Balaban J connectivity index is 1.21. The van der Waals surface area contributed by atoms with E-state index in [2.05, 4.69) is 10.6 Å². The molecule has 5 rings (SSSR count). The van der Waals surface area contributed by atoms with Gasteiger partial charge in [-0.2, -0.15) is 0 Å². The Kier molecular flexibility index (Phi) is 6.92. The average Bonchev–Trinajstić information content (AvgIpc) is 3.60. The van der Waals surface area contributed by atoms with Gasteiger partial charge >= 0.3 is 0 Å². The molecule has 3 aliphatic rings. The van der Waals surface area contributed by atoms with Gasteiger partial charge in [0.25, 0.3) is 0 Å². The van der Waals surface area contributed by atoms with E-state index in [-0.39, 0.29) is 43.0 Å². The number of carbonyl (C=O) groups is 2. The molecular weight excluding hydrogens is 448 g/mol. The minimum atomic E-state index is -0.520. The van der Waals surface area contributed by atoms with Gasteiger partial charge < -0.3 is 30.0 Å². The van der Waals surface area contributed by atoms with E-state index in [0.717, 1.165) is 41.2 Å². The summed E-state index contributed by atoms with van der Waals surface area (Å²) in [7, 11) is 1.62. The number of fused-ring (bicyclic) bond motifs is 3. The minimum Gasteiger partial charge on any atom is -0.497 e. The van der Waals surface area contributed by atoms with E-state index in [1.165, 1.54) is 0 Å². The molecule has 8 nitrogen and oxygen atoms in total. The number of hydrogen-bond donors (Lipinski definition) is 3. The average molecular weight is 481 g/mol. The maximum absolute atomic E-state index is 12.7. The van der Waals surface area contributed by atoms with Crippen molar-refractivity contribution in [2.75, 3.05) is 19.0 Å². The maximum atomic E-state index is 12.7. The standard InChI is InChI=1S/C27H32N2O6/c1-33-19-7-4-17(5-8-19)14-28-25(31)13-20-12-22-21-11-18(29-26(32)10-16-2-3-16)6-9-23(21)35-27(22)24(15-30)34-20/h4-9,11,16,20,22,24,27,30H,2-3,10,12-15H2,1H3,(H,28,31)(H,29,32)/t20-,22+,24+,27-/m0/s1. The van der Waals surface area contributed by atoms with E-state index in [4.69, 9.17) is 14.2 Å². The van der Waals surface area contributed by atoms with Gasteiger partial charge in [0.1, 0.15) is 23.7 Å². The van der Waals surface area contributed by atoms with E-state index in [1.807, 2.05) is 42.5 Å². The van der Waals surface area contributed by atoms with Crippen LogP contribution in [-0.4, -0.2) is 48.9 Å². The second-order valence-corrected chi connectivity index (χ2v) is 9.68. The van der Waals surface area contributed by atoms with Crippen LogP contribution < -0.4 is 20.1 Å². The first-order chi connectivity index (χ1) is 17.0. The fourth-order valence-electron chi connectivity index (χ4n) is 4.99. The number of anilines is 1. The van der Waals surface area contributed by atoms with E-state index in [1.54, 1.807) is 7.11 Å². The quantitative estimate of drug-likeness (QED) is 0.509. The van der Waals surface area contributed by atoms with Crippen LogP contribution in [0.15, 0.2) is 42.5 Å². The molecule has 2 heterocycles. The SMILES string of the molecule is COc1ccc(CNC(=O)C[C@@H]2C[C@@H]3c4cc(NC(=O)CC5CC5)ccc4O[C@@H]3[C@@H](CO)O2)cc1. The first kappa shape index (κ1) is 23.6. The normalized spacial score (nSPS) is 24.6. The van der Waals surface area contributed by atoms with Crippen LogP contribution in [0.5, 0.6) is 11.5 Å². The van der Waals surface area contributed by atoms with Crippen molar-refractivity contribution in [3.05, 3.63) is 53.6 Å². The molecule has 2 fully saturated rings. The van der Waals surface area contributed by atoms with Crippen LogP contribution in [0.4, 0.5) is 5.69 Å². The molecule has 0 bridgehead atoms. The van der Waals surface area contributed by atoms with Crippen LogP contribution in [0.25, 0.3) is 0 Å². The smallest absolute Gasteiger partial charge is 0.224 e. The Morgan fingerprint density at radius 1 is 1.09 bits per heavy atom. The fourth-order valence-corrected chi connectivity index (χ4v) is 4.99. The van der Waals surface area contributed by atoms with Crippen molar-refractivity contribution in [2.24, 2.45) is 5.92 Å². The van der Waals surface area contributed by atoms with E-state index in [0.29, 0.717) is 25.3 Å². The number of carbonyl (C=O) groups excluding carboxylic acids is 2. The summed E-state index contributed by atoms with van der Waals surface area (Å²) in [6.45, 7) is 0.227. The summed E-state index contributed by atoms with van der Waals surface area (Å²) in [6.07, 6.45) is 2.45. The minimum absolute atomic E-state index is 0.0180. The second-order valence-electron chi connectivity index (χ2n) is 9.68. The lowest BCUT2D eigenvalue weighted by atomic mass is 9.84. The van der Waals surface area contributed by atoms with Gasteiger partial charge in [0.2, 0.25) is 11.8 Å². The summed E-state index contributed by atoms with van der Waals surface area (Å²) >= 11 is 0. The predicted octanol–water partition coefficient (Wildman–Crippen LogP) is 3.13. The summed E-state index contributed by atoms with van der Waals surface area (Å²) in [6, 6.07) is 13.2. The lowest BCUT2D eigenvalue weighted by Crippen LogP contribution is -2.47. The third kappa shape index (κ3) is 5.60. The van der Waals surface area contributed by atoms with E-state index in [9.17, 15) is 14.7 Å². The molecule has 1 aliphatic carbocycles. The zero-order chi connectivity index (χ0) is 24.4. The van der Waals surface area contributed by atoms with Gasteiger partial charge in [-0.25, -0.2) is 0 Å². The van der Waals surface area contributed by atoms with Crippen molar-refractivity contribution >= 4 is 17.5 Å². The molecule has 35 heavy (non-hydrogen) atoms. The highest BCUT2D eigenvalue weighted by Gasteiger charge is 2.46. The van der Waals surface area contributed by atoms with Crippen LogP contribution in [0, 0.1) is 5.92 Å². The zero-order valence-electron chi connectivity index (χ0n) is 19.9. The number of benzene rings is 2. The lowest BCUT2D eigenvalue weighted by Gasteiger charge is -2.37. The number of aliphatic hydroxyl groups is 1. The molecular formula is C27H32N2O6. The lowest BCUT2D eigenvalue weighted by molar-refractivity contribution is -0.142. The second kappa shape index (κ2) is 10.3. The van der Waals surface area contributed by atoms with Crippen LogP contribution >= 0.6 is 0 Å². The molecule has 8 heteroatoms. The van der Waals surface area contributed by atoms with Crippen molar-refractivity contribution in [1.29, 1.82) is 0 Å². The monoisotopic (exact) mass is 480 g/mol. The van der Waals surface area contributed by atoms with Crippen LogP contribution in [-0.2, 0) is 20.9 Å². The fraction of sp³-hybridized carbons (Fsp3) is 0.481. The predicted molar refractivity (Wildman–Crippen MR) is 129 cm³/mol. The Morgan fingerprint density at radius 3 is 2.60 bits per heavy atom. The number of hydrogen-bond acceptors (Lipinski definition) is 6. The number of nitrogens with one attached hydrogen (secondary N) is 2. The molecule has 1 saturated heterocycles. The Hall–Kier alpha value is -3.10. The van der Waals surface area contributed by atoms with Gasteiger partial charge in [-0.15, -0.1) is 0 Å². The summed E-state index contributed by atoms with van der Waals surface area (Å²) < 4.78 is 17.3. The van der Waals surface area contributed by atoms with Gasteiger partial charge in [0, 0.05) is 30.1 Å². The molecule has 0 aromatic heterocycles. The van der Waals surface area contributed by atoms with Gasteiger partial charge in [-0.05, 0) is 61.1 Å². The Bertz CT molecular complexity index is 1070. The molecule has 0 radical (unpaired) electrons. The van der Waals surface area contributed by atoms with Crippen molar-refractivity contribution in [3.8, 4) is 11.5 Å². The molecule has 4 atom stereocenters. The van der Waals surface area contributed by atoms with Gasteiger partial charge in [0.05, 0.1) is 26.2 Å². The van der Waals surface area contributed by atoms with E-state index < -0.39 is 6.10 Å². The molecule has 0 spiro atoms. The first-order valence-corrected chi connectivity index (χ1v) is 12.3. The number of methoxy groups -OCH3 is 1. The van der Waals surface area contributed by atoms with Crippen LogP contribution in [0.1, 0.15) is 49.1 Å². The summed E-state index contributed by atoms with van der Waals surface area (Å²) in [5, 5.41) is 15.9. The topological polar surface area (TPSA) is 106 Å². The Labute approximate surface area is 205 Å². The highest BCUT2D eigenvalue weighted by Crippen LogP contribution is 2.47. The van der Waals surface area contributed by atoms with Crippen molar-refractivity contribution in [2.45, 2.75) is 62.9 Å². The van der Waals surface area contributed by atoms with Gasteiger partial charge in [-0.1, -0.05) is 12.1 Å². The van der Waals surface area contributed by atoms with Gasteiger partial charge in [-0.3, -0.25) is 9.59 Å². The zero-order valence-corrected chi connectivity index (χ0v) is 19.9. The highest BCUT2D eigenvalue weighted by molar-refractivity contribution is 5.91. The van der Waals surface area contributed by atoms with Gasteiger partial charge in [0.15, 0.2) is 0 Å².